The van der Waals surface area contributed by atoms with E-state index in [1.54, 1.807) is 18.5 Å². The smallest absolute Gasteiger partial charge is 0.335 e. The van der Waals surface area contributed by atoms with Crippen LogP contribution in [0, 0.1) is 17.6 Å². The van der Waals surface area contributed by atoms with Crippen molar-refractivity contribution in [2.45, 2.75) is 51.0 Å². The van der Waals surface area contributed by atoms with Crippen molar-refractivity contribution >= 4 is 40.7 Å². The number of rotatable bonds is 8. The second-order valence-electron chi connectivity index (χ2n) is 9.45. The lowest BCUT2D eigenvalue weighted by Gasteiger charge is -2.34. The molecule has 13 heteroatoms. The number of esters is 1. The summed E-state index contributed by atoms with van der Waals surface area (Å²) >= 11 is 7.47. The van der Waals surface area contributed by atoms with Gasteiger partial charge < -0.3 is 19.6 Å². The molecule has 210 valence electrons. The van der Waals surface area contributed by atoms with Crippen LogP contribution in [0.1, 0.15) is 66.7 Å². The van der Waals surface area contributed by atoms with Gasteiger partial charge in [-0.1, -0.05) is 17.7 Å². The molecule has 1 saturated carbocycles. The second kappa shape index (κ2) is 11.8. The van der Waals surface area contributed by atoms with Gasteiger partial charge in [0.05, 0.1) is 29.3 Å². The zero-order chi connectivity index (χ0) is 28.4. The van der Waals surface area contributed by atoms with E-state index in [2.05, 4.69) is 20.3 Å². The van der Waals surface area contributed by atoms with Crippen LogP contribution in [0.3, 0.4) is 0 Å². The zero-order valence-corrected chi connectivity index (χ0v) is 22.9. The Labute approximate surface area is 237 Å². The molecule has 3 heterocycles. The predicted octanol–water partition coefficient (Wildman–Crippen LogP) is 5.57. The Bertz CT molecular complexity index is 1480. The van der Waals surface area contributed by atoms with Gasteiger partial charge in [0, 0.05) is 28.8 Å². The first-order valence-corrected chi connectivity index (χ1v) is 14.0. The number of nitrogens with zero attached hydrogens (tertiary/aromatic N) is 3. The van der Waals surface area contributed by atoms with E-state index in [1.807, 2.05) is 0 Å². The number of halogens is 3. The minimum absolute atomic E-state index is 0.00630. The Kier molecular flexibility index (Phi) is 8.27. The summed E-state index contributed by atoms with van der Waals surface area (Å²) in [5.74, 6) is -3.37. The number of carboxylic acid groups (broad SMARTS) is 1. The molecule has 0 bridgehead atoms. The highest BCUT2D eigenvalue weighted by Gasteiger charge is 2.38. The largest absolute Gasteiger partial charge is 0.478 e. The number of oxazole rings is 1. The minimum Gasteiger partial charge on any atom is -0.478 e. The summed E-state index contributed by atoms with van der Waals surface area (Å²) in [6.45, 7) is 2.02. The molecule has 0 spiro atoms. The first kappa shape index (κ1) is 27.9. The molecule has 0 radical (unpaired) electrons. The Balaban J connectivity index is 1.43. The summed E-state index contributed by atoms with van der Waals surface area (Å²) in [6.07, 6.45) is 5.59. The third-order valence-corrected chi connectivity index (χ3v) is 8.15. The number of carbonyl (C=O) groups is 2. The number of amidine groups is 1. The average Bonchev–Trinajstić information content (AvgIpc) is 3.64. The fourth-order valence-electron chi connectivity index (χ4n) is 5.13. The topological polar surface area (TPSA) is 127 Å². The van der Waals surface area contributed by atoms with E-state index in [-0.39, 0.29) is 42.0 Å². The van der Waals surface area contributed by atoms with E-state index in [1.165, 1.54) is 23.7 Å². The lowest BCUT2D eigenvalue weighted by Crippen LogP contribution is -2.37. The van der Waals surface area contributed by atoms with Crippen molar-refractivity contribution in [3.8, 4) is 0 Å². The number of carboxylic acids is 1. The molecule has 0 saturated heterocycles. The van der Waals surface area contributed by atoms with E-state index in [9.17, 15) is 23.5 Å². The highest BCUT2D eigenvalue weighted by Crippen LogP contribution is 2.43. The maximum atomic E-state index is 14.4. The quantitative estimate of drug-likeness (QED) is 0.257. The van der Waals surface area contributed by atoms with Gasteiger partial charge in [-0.15, -0.1) is 11.3 Å². The highest BCUT2D eigenvalue weighted by molar-refractivity contribution is 7.11. The Morgan fingerprint density at radius 2 is 1.98 bits per heavy atom. The van der Waals surface area contributed by atoms with Crippen molar-refractivity contribution in [3.63, 3.8) is 0 Å². The SMILES string of the molecule is CCOC(=O)Cc1coc(C2CCC(C3=C(C(=O)O)C(c4ccc(F)c(F)c4Cl)N=C(c4nccs4)N3)CC2)n1. The molecule has 0 amide bonds. The van der Waals surface area contributed by atoms with Gasteiger partial charge in [0.1, 0.15) is 12.3 Å². The number of benzene rings is 1. The molecule has 1 aromatic carbocycles. The van der Waals surface area contributed by atoms with E-state index < -0.39 is 28.7 Å². The lowest BCUT2D eigenvalue weighted by atomic mass is 9.78. The third kappa shape index (κ3) is 5.64. The van der Waals surface area contributed by atoms with Crippen LogP contribution in [-0.4, -0.2) is 39.5 Å². The summed E-state index contributed by atoms with van der Waals surface area (Å²) in [5, 5.41) is 15.2. The summed E-state index contributed by atoms with van der Waals surface area (Å²) in [4.78, 5) is 37.7. The average molecular weight is 591 g/mol. The van der Waals surface area contributed by atoms with Crippen LogP contribution in [0.2, 0.25) is 5.02 Å². The number of allylic oxidation sites excluding steroid dienone is 1. The van der Waals surface area contributed by atoms with E-state index in [0.717, 1.165) is 6.07 Å². The monoisotopic (exact) mass is 590 g/mol. The van der Waals surface area contributed by atoms with Gasteiger partial charge in [-0.3, -0.25) is 9.79 Å². The van der Waals surface area contributed by atoms with Crippen molar-refractivity contribution in [2.75, 3.05) is 6.61 Å². The first-order valence-electron chi connectivity index (χ1n) is 12.7. The molecule has 2 aromatic heterocycles. The highest BCUT2D eigenvalue weighted by atomic mass is 35.5. The van der Waals surface area contributed by atoms with Gasteiger partial charge in [0.15, 0.2) is 28.4 Å². The van der Waals surface area contributed by atoms with Gasteiger partial charge >= 0.3 is 11.9 Å². The number of hydrogen-bond donors (Lipinski definition) is 2. The number of carbonyl (C=O) groups excluding carboxylic acids is 1. The molecule has 1 fully saturated rings. The number of aliphatic imine (C=N–C) groups is 1. The van der Waals surface area contributed by atoms with Crippen molar-refractivity contribution in [3.05, 3.63) is 80.1 Å². The molecule has 2 aliphatic rings. The van der Waals surface area contributed by atoms with Crippen LogP contribution in [0.4, 0.5) is 8.78 Å². The number of nitrogens with one attached hydrogen (secondary N) is 1. The molecule has 9 nitrogen and oxygen atoms in total. The molecular weight excluding hydrogens is 566 g/mol. The molecular formula is C27H25ClF2N4O5S. The van der Waals surface area contributed by atoms with Crippen LogP contribution >= 0.6 is 22.9 Å². The lowest BCUT2D eigenvalue weighted by molar-refractivity contribution is -0.142. The molecule has 5 rings (SSSR count). The van der Waals surface area contributed by atoms with Gasteiger partial charge in [-0.05, 0) is 44.6 Å². The summed E-state index contributed by atoms with van der Waals surface area (Å²) in [6, 6.07) is 0.993. The molecule has 1 unspecified atom stereocenters. The Morgan fingerprint density at radius 1 is 1.23 bits per heavy atom. The number of thiazole rings is 1. The van der Waals surface area contributed by atoms with Gasteiger partial charge in [0.25, 0.3) is 0 Å². The Morgan fingerprint density at radius 3 is 2.65 bits per heavy atom. The van der Waals surface area contributed by atoms with Gasteiger partial charge in [-0.2, -0.15) is 0 Å². The third-order valence-electron chi connectivity index (χ3n) is 6.98. The number of ether oxygens (including phenoxy) is 1. The molecule has 40 heavy (non-hydrogen) atoms. The van der Waals surface area contributed by atoms with E-state index >= 15 is 0 Å². The summed E-state index contributed by atoms with van der Waals surface area (Å²) in [5.41, 5.74) is 0.904. The van der Waals surface area contributed by atoms with Crippen LogP contribution in [0.15, 0.2) is 50.7 Å². The first-order chi connectivity index (χ1) is 19.3. The van der Waals surface area contributed by atoms with Crippen LogP contribution in [-0.2, 0) is 20.7 Å². The summed E-state index contributed by atoms with van der Waals surface area (Å²) < 4.78 is 38.9. The fraction of sp³-hybridized carbons (Fsp3) is 0.370. The van der Waals surface area contributed by atoms with Crippen molar-refractivity contribution < 1.29 is 32.6 Å². The maximum Gasteiger partial charge on any atom is 0.335 e. The molecule has 3 aromatic rings. The van der Waals surface area contributed by atoms with Crippen LogP contribution < -0.4 is 5.32 Å². The molecule has 1 aliphatic carbocycles. The number of hydrogen-bond acceptors (Lipinski definition) is 9. The second-order valence-corrected chi connectivity index (χ2v) is 10.7. The van der Waals surface area contributed by atoms with E-state index in [4.69, 9.17) is 20.8 Å². The maximum absolute atomic E-state index is 14.4. The fourth-order valence-corrected chi connectivity index (χ4v) is 5.97. The van der Waals surface area contributed by atoms with Crippen LogP contribution in [0.25, 0.3) is 0 Å². The van der Waals surface area contributed by atoms with E-state index in [0.29, 0.717) is 53.8 Å². The Hall–Kier alpha value is -3.64. The van der Waals surface area contributed by atoms with Crippen molar-refractivity contribution in [2.24, 2.45) is 10.9 Å². The summed E-state index contributed by atoms with van der Waals surface area (Å²) in [7, 11) is 0. The standard InChI is InChI=1S/C27H25ClF2N4O5S/c1-2-38-18(35)11-15-12-39-25(32-15)14-5-3-13(4-6-14)22-19(27(36)37)23(16-7-8-17(29)21(30)20(16)28)34-24(33-22)26-31-9-10-40-26/h7-10,12-14,23H,2-6,11H2,1H3,(H,33,34)(H,36,37). The number of aromatic nitrogens is 2. The normalized spacial score (nSPS) is 21.1. The number of aliphatic carboxylic acids is 1. The minimum atomic E-state index is -1.26. The molecule has 2 N–H and O–H groups in total. The van der Waals surface area contributed by atoms with Gasteiger partial charge in [-0.25, -0.2) is 23.5 Å². The zero-order valence-electron chi connectivity index (χ0n) is 21.3. The molecule has 1 atom stereocenters. The predicted molar refractivity (Wildman–Crippen MR) is 142 cm³/mol. The van der Waals surface area contributed by atoms with Crippen LogP contribution in [0.5, 0.6) is 0 Å². The van der Waals surface area contributed by atoms with Crippen molar-refractivity contribution in [1.29, 1.82) is 0 Å². The van der Waals surface area contributed by atoms with Gasteiger partial charge in [0.2, 0.25) is 0 Å². The van der Waals surface area contributed by atoms with Crippen molar-refractivity contribution in [1.82, 2.24) is 15.3 Å². The molecule has 1 aliphatic heterocycles.